The lowest BCUT2D eigenvalue weighted by atomic mass is 10.0. The van der Waals surface area contributed by atoms with Crippen molar-refractivity contribution in [2.24, 2.45) is 23.4 Å². The number of aromatic nitrogens is 8. The minimum absolute atomic E-state index is 0. The minimum atomic E-state index is -6.45. The van der Waals surface area contributed by atoms with E-state index in [1.807, 2.05) is 0 Å². The third-order valence-electron chi connectivity index (χ3n) is 19.1. The number of alkyl halides is 6. The Morgan fingerprint density at radius 3 is 1.02 bits per heavy atom. The van der Waals surface area contributed by atoms with E-state index in [0.717, 1.165) is 6.07 Å². The van der Waals surface area contributed by atoms with Crippen LogP contribution in [0, 0.1) is 0 Å². The molecule has 0 unspecified atom stereocenters. The van der Waals surface area contributed by atoms with Crippen LogP contribution in [0.4, 0.5) is 49.1 Å². The van der Waals surface area contributed by atoms with Gasteiger partial charge in [-0.3, -0.25) is 70.9 Å². The summed E-state index contributed by atoms with van der Waals surface area (Å²) in [6, 6.07) is 61.1. The van der Waals surface area contributed by atoms with Gasteiger partial charge in [-0.1, -0.05) is 91.3 Å². The number of nitrogens with one attached hydrogen (secondary N) is 13. The number of rotatable bonds is 22. The van der Waals surface area contributed by atoms with Crippen LogP contribution in [0.5, 0.6) is 0 Å². The van der Waals surface area contributed by atoms with Gasteiger partial charge in [-0.15, -0.1) is 0 Å². The molecule has 4 heterocycles. The van der Waals surface area contributed by atoms with E-state index < -0.39 is 94.2 Å². The number of nitrogens with zero attached hydrogens (tertiary/aromatic N) is 4. The molecule has 48 heteroatoms. The first kappa shape index (κ1) is 98.1. The van der Waals surface area contributed by atoms with E-state index in [9.17, 15) is 99.5 Å². The average molecular weight is 1920 g/mol. The summed E-state index contributed by atoms with van der Waals surface area (Å²) >= 11 is 12.1. The third kappa shape index (κ3) is 21.7. The van der Waals surface area contributed by atoms with Crippen LogP contribution >= 0.6 is 23.2 Å². The second-order valence-electron chi connectivity index (χ2n) is 27.4. The number of hydrogen-bond donors (Lipinski definition) is 17. The molecule has 15 aromatic rings. The molecule has 37 nitrogen and oxygen atoms in total. The topological polar surface area (TPSA) is 600 Å². The molecule has 15 rings (SSSR count). The van der Waals surface area contributed by atoms with Gasteiger partial charge in [0.1, 0.15) is 23.3 Å². The Labute approximate surface area is 755 Å². The number of aromatic amines is 4. The van der Waals surface area contributed by atoms with Gasteiger partial charge < -0.3 is 46.5 Å². The zero-order valence-corrected chi connectivity index (χ0v) is 71.0. The van der Waals surface area contributed by atoms with Crippen LogP contribution in [0.3, 0.4) is 0 Å². The van der Waals surface area contributed by atoms with Crippen molar-refractivity contribution in [2.75, 3.05) is 28.3 Å². The van der Waals surface area contributed by atoms with Crippen LogP contribution in [0.1, 0.15) is 48.9 Å². The number of benzene rings is 11. The largest absolute Gasteiger partial charge is 0.394 e. The van der Waals surface area contributed by atoms with Gasteiger partial charge >= 0.3 is 29.6 Å². The SMILES string of the molecule is C.CNC(=O)c1ccc(C(=O)Nc2ccc(Cl)cc2-c2nc3ccc(Cl)cc3c(=O)[nH]2)cc1.NNC(=O)C(F)(F)C(F)(F)C(F)(F)C(=O)Nc1ccccc1-c1nc2ccccc2c(=O)[nH]1.NNS(=O)(=O)c1ccc(C(=O)Nc2ccc(S(=O)(=O)NN)cc2-c2nc3ccccc3c(=O)[nH]2)cc1.NNS(=O)(=O)c1ccc(C(=O)Nc2ccccc2-c2nc3ccccc3c(=O)[nH]2)cc1. The number of hydrazine groups is 4. The molecule has 0 bridgehead atoms. The van der Waals surface area contributed by atoms with Crippen LogP contribution in [-0.4, -0.2) is 125 Å². The number of anilines is 4. The van der Waals surface area contributed by atoms with Crippen molar-refractivity contribution in [3.8, 4) is 45.6 Å². The molecule has 133 heavy (non-hydrogen) atoms. The lowest BCUT2D eigenvalue weighted by Crippen LogP contribution is -2.64. The molecule has 0 radical (unpaired) electrons. The van der Waals surface area contributed by atoms with Crippen LogP contribution in [-0.2, 0) is 39.7 Å². The summed E-state index contributed by atoms with van der Waals surface area (Å²) in [5.41, 5.74) is 2.87. The van der Waals surface area contributed by atoms with E-state index in [0.29, 0.717) is 87.6 Å². The normalized spacial score (nSPS) is 11.6. The number of para-hydroxylation sites is 5. The second-order valence-corrected chi connectivity index (χ2v) is 33.5. The summed E-state index contributed by atoms with van der Waals surface area (Å²) < 4.78 is 155. The maximum atomic E-state index is 14.1. The molecule has 0 aliphatic heterocycles. The van der Waals surface area contributed by atoms with Gasteiger partial charge in [0.15, 0.2) is 0 Å². The molecule has 6 amide bonds. The summed E-state index contributed by atoms with van der Waals surface area (Å²) in [4.78, 5) is 155. The second kappa shape index (κ2) is 40.7. The van der Waals surface area contributed by atoms with Gasteiger partial charge in [-0.25, -0.2) is 51.0 Å². The Kier molecular flexibility index (Phi) is 30.0. The molecule has 0 aliphatic carbocycles. The molecule has 684 valence electrons. The fourth-order valence-electron chi connectivity index (χ4n) is 12.3. The quantitative estimate of drug-likeness (QED) is 0.0130. The first-order valence-corrected chi connectivity index (χ1v) is 42.7. The fraction of sp³-hybridized carbons (Fsp3) is 0.0588. The van der Waals surface area contributed by atoms with Gasteiger partial charge in [-0.2, -0.15) is 40.8 Å². The van der Waals surface area contributed by atoms with Crippen LogP contribution in [0.2, 0.25) is 10.0 Å². The van der Waals surface area contributed by atoms with Gasteiger partial charge in [0.25, 0.3) is 75.9 Å². The number of H-pyrrole nitrogens is 4. The van der Waals surface area contributed by atoms with Gasteiger partial charge in [0.2, 0.25) is 0 Å². The molecular formula is C85H69Cl2F6N21O16S3. The molecule has 0 atom stereocenters. The monoisotopic (exact) mass is 1920 g/mol. The van der Waals surface area contributed by atoms with Gasteiger partial charge in [0.05, 0.1) is 81.0 Å². The summed E-state index contributed by atoms with van der Waals surface area (Å²) in [6.45, 7) is 0. The van der Waals surface area contributed by atoms with E-state index in [1.165, 1.54) is 115 Å². The van der Waals surface area contributed by atoms with Crippen molar-refractivity contribution in [1.29, 1.82) is 0 Å². The van der Waals surface area contributed by atoms with E-state index in [1.54, 1.807) is 154 Å². The van der Waals surface area contributed by atoms with Crippen molar-refractivity contribution < 1.29 is 80.4 Å². The Morgan fingerprint density at radius 2 is 0.624 bits per heavy atom. The number of nitrogens with two attached hydrogens (primary N) is 4. The molecule has 0 saturated heterocycles. The van der Waals surface area contributed by atoms with Crippen LogP contribution in [0.25, 0.3) is 89.2 Å². The summed E-state index contributed by atoms with van der Waals surface area (Å²) in [7, 11) is -10.3. The number of halogens is 8. The van der Waals surface area contributed by atoms with Crippen molar-refractivity contribution in [3.63, 3.8) is 0 Å². The molecule has 0 aliphatic rings. The Morgan fingerprint density at radius 1 is 0.331 bits per heavy atom. The number of carbonyl (C=O) groups is 6. The van der Waals surface area contributed by atoms with Crippen molar-refractivity contribution >= 4 is 155 Å². The predicted molar refractivity (Wildman–Crippen MR) is 484 cm³/mol. The molecule has 0 spiro atoms. The highest BCUT2D eigenvalue weighted by atomic mass is 35.5. The maximum Gasteiger partial charge on any atom is 0.394 e. The molecule has 11 aromatic carbocycles. The number of hydrogen-bond acceptors (Lipinski definition) is 24. The highest BCUT2D eigenvalue weighted by Gasteiger charge is 2.78. The number of carbonyl (C=O) groups excluding carboxylic acids is 6. The van der Waals surface area contributed by atoms with E-state index >= 15 is 0 Å². The smallest absolute Gasteiger partial charge is 0.355 e. The standard InChI is InChI=1S/C23H16Cl2N4O3.C21H19N7O6S2.C21H17N5O4S.C19H13F6N5O3.CH4/c1-26-21(30)12-2-4-13(5-3-12)22(31)28-18-8-6-14(24)10-16(18)20-27-19-9-7-15(25)11-17(19)23(32)29-20;22-27-35(31,32)13-7-5-12(6-8-13)20(29)25-18-10-9-14(36(33,34)28-23)11-16(18)19-24-17-4-2-1-3-15(17)21(30)26-19;22-26-31(29,30)14-11-9-13(10-12-14)20(27)24-17-7-3-1-5-15(17)19-23-18-8-4-2-6-16(18)21(28)25-19;20-17(21,19(24,25)18(22,23)16(33)30-26)15(32)28-11-7-3-1-5-9(11)13-27-12-8-4-2-6-10(12)14(31)29-13;/h2-11H,1H3,(H,26,30)(H,28,31)(H,27,29,32);1-11,27-28H,22-23H2,(H,25,29)(H,24,26,30);1-12,26H,22H2,(H,24,27)(H,23,25,28);1-8H,26H2,(H,28,32)(H,30,33)(H,27,29,31);1H4. The molecule has 4 aromatic heterocycles. The van der Waals surface area contributed by atoms with Crippen molar-refractivity contribution in [3.05, 3.63) is 322 Å². The maximum absolute atomic E-state index is 14.1. The van der Waals surface area contributed by atoms with Crippen LogP contribution in [0.15, 0.2) is 283 Å². The van der Waals surface area contributed by atoms with E-state index in [-0.39, 0.29) is 95.5 Å². The molecule has 0 saturated carbocycles. The van der Waals surface area contributed by atoms with Crippen LogP contribution < -0.4 is 92.1 Å². The molecule has 21 N–H and O–H groups in total. The number of fused-ring (bicyclic) bond motifs is 4. The first-order valence-electron chi connectivity index (χ1n) is 37.5. The molecule has 0 fully saturated rings. The van der Waals surface area contributed by atoms with Crippen molar-refractivity contribution in [2.45, 2.75) is 39.9 Å². The summed E-state index contributed by atoms with van der Waals surface area (Å²) in [5, 5.41) is 14.3. The van der Waals surface area contributed by atoms with E-state index in [4.69, 9.17) is 40.7 Å². The third-order valence-corrected chi connectivity index (χ3v) is 23.2. The van der Waals surface area contributed by atoms with E-state index in [2.05, 4.69) is 67.0 Å². The minimum Gasteiger partial charge on any atom is -0.355 e. The Bertz CT molecular complexity index is 7730. The predicted octanol–water partition coefficient (Wildman–Crippen LogP) is 9.71. The highest BCUT2D eigenvalue weighted by molar-refractivity contribution is 7.90. The van der Waals surface area contributed by atoms with Crippen molar-refractivity contribution in [1.82, 2.24) is 65.1 Å². The first-order chi connectivity index (χ1) is 62.6. The number of amides is 6. The van der Waals surface area contributed by atoms with Gasteiger partial charge in [-0.05, 0) is 188 Å². The summed E-state index contributed by atoms with van der Waals surface area (Å²) in [5.74, 6) is -6.20. The zero-order chi connectivity index (χ0) is 95.5. The lowest BCUT2D eigenvalue weighted by molar-refractivity contribution is -0.285. The fourth-order valence-corrected chi connectivity index (χ4v) is 14.6. The Balaban J connectivity index is 0.000000171. The Hall–Kier alpha value is -15.5. The summed E-state index contributed by atoms with van der Waals surface area (Å²) in [6.07, 6.45) is 0. The average Bonchev–Trinajstić information content (AvgIpc) is 0.743. The highest BCUT2D eigenvalue weighted by Crippen LogP contribution is 2.47. The lowest BCUT2D eigenvalue weighted by Gasteiger charge is -2.30. The molecular weight excluding hydrogens is 1850 g/mol. The zero-order valence-electron chi connectivity index (χ0n) is 67.1. The van der Waals surface area contributed by atoms with Gasteiger partial charge in [0, 0.05) is 61.6 Å². The number of sulfonamides is 3.